The van der Waals surface area contributed by atoms with E-state index >= 15 is 0 Å². The molecule has 1 aromatic rings. The van der Waals surface area contributed by atoms with Crippen molar-refractivity contribution in [1.82, 2.24) is 3.26 Å². The van der Waals surface area contributed by atoms with E-state index in [1.165, 1.54) is 11.1 Å². The van der Waals surface area contributed by atoms with Crippen molar-refractivity contribution in [3.8, 4) is 0 Å². The molecule has 0 amide bonds. The zero-order chi connectivity index (χ0) is 20.9. The van der Waals surface area contributed by atoms with Crippen LogP contribution in [0.1, 0.15) is 41.9 Å². The van der Waals surface area contributed by atoms with Crippen LogP contribution in [0, 0.1) is 0 Å². The summed E-state index contributed by atoms with van der Waals surface area (Å²) in [5.74, 6) is 0. The molecule has 0 radical (unpaired) electrons. The fourth-order valence-corrected chi connectivity index (χ4v) is 30.1. The first kappa shape index (κ1) is 23.7. The molecule has 0 aliphatic heterocycles. The van der Waals surface area contributed by atoms with E-state index in [4.69, 9.17) is 25.7 Å². The van der Waals surface area contributed by atoms with Gasteiger partial charge in [-0.15, -0.1) is 0 Å². The molecule has 27 heavy (non-hydrogen) atoms. The zero-order valence-electron chi connectivity index (χ0n) is 18.0. The van der Waals surface area contributed by atoms with Crippen molar-refractivity contribution < 1.29 is 17.7 Å². The molecule has 6 heteroatoms. The van der Waals surface area contributed by atoms with Crippen LogP contribution in [-0.4, -0.2) is 24.7 Å². The fourth-order valence-electron chi connectivity index (χ4n) is 4.95. The SMILES string of the molecule is [CH2]=[Zr]([CH3])([Cl])([Cl])([CH2]CCO[Si](C)(C)C)([NH]C(C)(C)C)[CH]1C=Cc2ccccc21. The van der Waals surface area contributed by atoms with Gasteiger partial charge in [0, 0.05) is 0 Å². The fraction of sp³-hybridized carbons (Fsp3) is 0.571. The van der Waals surface area contributed by atoms with E-state index in [1.807, 2.05) is 6.07 Å². The minimum atomic E-state index is -5.77. The average Bonchev–Trinajstić information content (AvgIpc) is 2.85. The molecule has 0 spiro atoms. The van der Waals surface area contributed by atoms with E-state index < -0.39 is 21.6 Å². The Labute approximate surface area is 168 Å². The van der Waals surface area contributed by atoms with Gasteiger partial charge in [-0.05, 0) is 0 Å². The summed E-state index contributed by atoms with van der Waals surface area (Å²) in [6, 6.07) is 8.35. The molecular weight excluding hydrogens is 472 g/mol. The molecular formula is C21H37Cl2NOSiZr. The topological polar surface area (TPSA) is 21.3 Å². The summed E-state index contributed by atoms with van der Waals surface area (Å²) >= 11 is -5.77. The summed E-state index contributed by atoms with van der Waals surface area (Å²) in [7, 11) is 14.0. The van der Waals surface area contributed by atoms with Gasteiger partial charge in [0.05, 0.1) is 0 Å². The number of benzene rings is 1. The van der Waals surface area contributed by atoms with Gasteiger partial charge in [0.1, 0.15) is 0 Å². The number of nitrogens with one attached hydrogen (secondary N) is 1. The van der Waals surface area contributed by atoms with Crippen molar-refractivity contribution in [3.05, 3.63) is 41.5 Å². The molecule has 0 fully saturated rings. The van der Waals surface area contributed by atoms with Crippen LogP contribution in [0.25, 0.3) is 6.08 Å². The zero-order valence-corrected chi connectivity index (χ0v) is 23.0. The van der Waals surface area contributed by atoms with Crippen LogP contribution in [0.3, 0.4) is 0 Å². The van der Waals surface area contributed by atoms with Gasteiger partial charge < -0.3 is 0 Å². The van der Waals surface area contributed by atoms with Crippen LogP contribution in [0.5, 0.6) is 0 Å². The Hall–Kier alpha value is 0.430. The van der Waals surface area contributed by atoms with Crippen LogP contribution in [0.4, 0.5) is 0 Å². The summed E-state index contributed by atoms with van der Waals surface area (Å²) in [5.41, 5.74) is 2.08. The minimum absolute atomic E-state index is 0.132. The van der Waals surface area contributed by atoms with Crippen molar-refractivity contribution in [2.75, 3.05) is 6.61 Å². The van der Waals surface area contributed by atoms with Crippen molar-refractivity contribution in [1.29, 1.82) is 0 Å². The Kier molecular flexibility index (Phi) is 5.26. The van der Waals surface area contributed by atoms with Gasteiger partial charge in [-0.1, -0.05) is 0 Å². The molecule has 0 aromatic heterocycles. The quantitative estimate of drug-likeness (QED) is 0.308. The number of rotatable bonds is 7. The number of hydrogen-bond donors (Lipinski definition) is 1. The molecule has 0 saturated carbocycles. The molecule has 2 rings (SSSR count). The Balaban J connectivity index is 2.54. The predicted molar refractivity (Wildman–Crippen MR) is 125 cm³/mol. The van der Waals surface area contributed by atoms with Crippen molar-refractivity contribution in [2.24, 2.45) is 0 Å². The molecule has 0 bridgehead atoms. The molecule has 0 saturated heterocycles. The van der Waals surface area contributed by atoms with E-state index in [9.17, 15) is 0 Å². The molecule has 1 aliphatic rings. The van der Waals surface area contributed by atoms with Crippen molar-refractivity contribution in [3.63, 3.8) is 0 Å². The molecule has 1 unspecified atom stereocenters. The van der Waals surface area contributed by atoms with Crippen molar-refractivity contribution in [2.45, 2.75) is 64.8 Å². The van der Waals surface area contributed by atoms with E-state index in [0.29, 0.717) is 10.7 Å². The predicted octanol–water partition coefficient (Wildman–Crippen LogP) is 7.27. The Bertz CT molecular complexity index is 885. The first-order chi connectivity index (χ1) is 11.8. The van der Waals surface area contributed by atoms with Gasteiger partial charge in [-0.25, -0.2) is 0 Å². The first-order valence-electron chi connectivity index (χ1n) is 9.94. The second kappa shape index (κ2) is 5.99. The van der Waals surface area contributed by atoms with E-state index in [2.05, 4.69) is 78.7 Å². The van der Waals surface area contributed by atoms with Gasteiger partial charge in [-0.2, -0.15) is 0 Å². The summed E-state index contributed by atoms with van der Waals surface area (Å²) < 4.78 is 17.2. The second-order valence-electron chi connectivity index (χ2n) is 11.7. The van der Waals surface area contributed by atoms with Crippen LogP contribution in [0.2, 0.25) is 28.4 Å². The van der Waals surface area contributed by atoms with Gasteiger partial charge in [0.15, 0.2) is 0 Å². The van der Waals surface area contributed by atoms with Crippen LogP contribution in [0.15, 0.2) is 30.3 Å². The van der Waals surface area contributed by atoms with E-state index in [-0.39, 0.29) is 9.16 Å². The summed E-state index contributed by atoms with van der Waals surface area (Å²) in [6.07, 6.45) is 5.08. The third-order valence-electron chi connectivity index (χ3n) is 5.53. The molecule has 2 nitrogen and oxygen atoms in total. The third-order valence-corrected chi connectivity index (χ3v) is 28.9. The van der Waals surface area contributed by atoms with Gasteiger partial charge in [-0.3, -0.25) is 0 Å². The molecule has 1 atom stereocenters. The summed E-state index contributed by atoms with van der Waals surface area (Å²) in [4.78, 5) is 0. The molecule has 1 aromatic carbocycles. The van der Waals surface area contributed by atoms with E-state index in [1.54, 1.807) is 0 Å². The molecule has 0 heterocycles. The van der Waals surface area contributed by atoms with Crippen molar-refractivity contribution >= 4 is 35.6 Å². The first-order valence-corrected chi connectivity index (χ1v) is 28.3. The maximum atomic E-state index is 7.81. The Morgan fingerprint density at radius 3 is 2.33 bits per heavy atom. The monoisotopic (exact) mass is 507 g/mol. The van der Waals surface area contributed by atoms with Gasteiger partial charge in [0.25, 0.3) is 0 Å². The normalized spacial score (nSPS) is 21.8. The number of halogens is 2. The van der Waals surface area contributed by atoms with Gasteiger partial charge >= 0.3 is 169 Å². The average molecular weight is 510 g/mol. The number of fused-ring (bicyclic) bond motifs is 1. The number of hydrogen-bond acceptors (Lipinski definition) is 2. The van der Waals surface area contributed by atoms with Crippen LogP contribution < -0.4 is 3.26 Å². The summed E-state index contributed by atoms with van der Waals surface area (Å²) in [5, 5.41) is 0. The number of allylic oxidation sites excluding steroid dienone is 1. The third kappa shape index (κ3) is 5.53. The van der Waals surface area contributed by atoms with E-state index in [0.717, 1.165) is 6.42 Å². The molecule has 154 valence electrons. The molecule has 1 N–H and O–H groups in total. The maximum absolute atomic E-state index is 7.81. The second-order valence-corrected chi connectivity index (χ2v) is 57.2. The van der Waals surface area contributed by atoms with Crippen LogP contribution >= 0.6 is 17.0 Å². The Morgan fingerprint density at radius 1 is 1.19 bits per heavy atom. The Morgan fingerprint density at radius 2 is 1.78 bits per heavy atom. The standard InChI is InChI=1S/C9H7.C6H15OSi.C4H10N.CH3.CH2.2ClH.Zr/c1-2-5-9-7-3-6-8(9)4-1;1-5-6-7-8(2,3)4;1-4(2,3)5;;;;;/h1-7H;1,5-6H2,2-4H3;5H,1-3H3;1H3;1H2;2*1H;/q;;-1;;;;;+3/p-2. The molecule has 1 aliphatic carbocycles. The van der Waals surface area contributed by atoms with Crippen LogP contribution in [-0.2, 0) is 17.7 Å². The van der Waals surface area contributed by atoms with Gasteiger partial charge in [0.2, 0.25) is 0 Å². The summed E-state index contributed by atoms with van der Waals surface area (Å²) in [6.45, 7) is 13.6.